The lowest BCUT2D eigenvalue weighted by Crippen LogP contribution is -2.26. The zero-order chi connectivity index (χ0) is 25.9. The van der Waals surface area contributed by atoms with Crippen molar-refractivity contribution in [3.05, 3.63) is 64.6 Å². The third-order valence-electron chi connectivity index (χ3n) is 6.98. The van der Waals surface area contributed by atoms with Gasteiger partial charge in [-0.25, -0.2) is 9.37 Å². The zero-order valence-electron chi connectivity index (χ0n) is 21.0. The van der Waals surface area contributed by atoms with Crippen LogP contribution in [0.1, 0.15) is 45.8 Å². The summed E-state index contributed by atoms with van der Waals surface area (Å²) in [5.41, 5.74) is 9.89. The third-order valence-corrected chi connectivity index (χ3v) is 6.98. The zero-order valence-corrected chi connectivity index (χ0v) is 21.0. The molecule has 0 spiro atoms. The van der Waals surface area contributed by atoms with Crippen LogP contribution in [0.5, 0.6) is 5.75 Å². The number of likely N-dealkylation sites (N-methyl/N-ethyl adjacent to an activating group) is 1. The van der Waals surface area contributed by atoms with Gasteiger partial charge in [0.05, 0.1) is 18.5 Å². The number of ether oxygens (including phenoxy) is 2. The molecule has 1 saturated heterocycles. The number of primary amides is 1. The van der Waals surface area contributed by atoms with Crippen molar-refractivity contribution in [3.63, 3.8) is 0 Å². The van der Waals surface area contributed by atoms with Crippen LogP contribution in [0.4, 0.5) is 27.5 Å². The van der Waals surface area contributed by atoms with Crippen molar-refractivity contribution >= 4 is 29.0 Å². The lowest BCUT2D eigenvalue weighted by Gasteiger charge is -2.26. The highest BCUT2D eigenvalue weighted by Gasteiger charge is 2.23. The summed E-state index contributed by atoms with van der Waals surface area (Å²) in [4.78, 5) is 23.3. The topological polar surface area (TPSA) is 115 Å². The number of aromatic nitrogens is 2. The molecule has 9 nitrogen and oxygen atoms in total. The molecule has 3 heterocycles. The molecule has 0 atom stereocenters. The Morgan fingerprint density at radius 3 is 2.78 bits per heavy atom. The summed E-state index contributed by atoms with van der Waals surface area (Å²) in [7, 11) is 3.70. The Balaban J connectivity index is 1.49. The van der Waals surface area contributed by atoms with E-state index >= 15 is 4.39 Å². The highest BCUT2D eigenvalue weighted by Crippen LogP contribution is 2.36. The van der Waals surface area contributed by atoms with Crippen molar-refractivity contribution in [1.82, 2.24) is 14.9 Å². The van der Waals surface area contributed by atoms with Gasteiger partial charge in [0.25, 0.3) is 5.91 Å². The molecule has 0 bridgehead atoms. The lowest BCUT2D eigenvalue weighted by molar-refractivity contribution is 0.0854. The molecule has 2 aliphatic rings. The van der Waals surface area contributed by atoms with E-state index in [1.54, 1.807) is 13.2 Å². The summed E-state index contributed by atoms with van der Waals surface area (Å²) in [5.74, 6) is -0.0167. The molecular formula is C27H31FN6O3. The largest absolute Gasteiger partial charge is 0.495 e. The number of amides is 1. The van der Waals surface area contributed by atoms with Crippen LogP contribution in [0.3, 0.4) is 0 Å². The first-order valence-corrected chi connectivity index (χ1v) is 12.4. The Morgan fingerprint density at radius 2 is 2.03 bits per heavy atom. The van der Waals surface area contributed by atoms with Crippen LogP contribution in [0, 0.1) is 5.82 Å². The normalized spacial score (nSPS) is 16.2. The van der Waals surface area contributed by atoms with Crippen LogP contribution >= 0.6 is 0 Å². The van der Waals surface area contributed by atoms with Crippen molar-refractivity contribution < 1.29 is 18.7 Å². The van der Waals surface area contributed by atoms with Crippen LogP contribution in [0.15, 0.2) is 36.5 Å². The van der Waals surface area contributed by atoms with Gasteiger partial charge in [-0.2, -0.15) is 4.98 Å². The van der Waals surface area contributed by atoms with E-state index in [9.17, 15) is 4.79 Å². The smallest absolute Gasteiger partial charge is 0.254 e. The maximum Gasteiger partial charge on any atom is 0.254 e. The molecule has 10 heteroatoms. The second kappa shape index (κ2) is 10.7. The number of fused-ring (bicyclic) bond motifs is 1. The van der Waals surface area contributed by atoms with Gasteiger partial charge in [0.2, 0.25) is 5.95 Å². The molecule has 4 N–H and O–H groups in total. The van der Waals surface area contributed by atoms with Gasteiger partial charge in [-0.05, 0) is 67.1 Å². The highest BCUT2D eigenvalue weighted by molar-refractivity contribution is 5.98. The summed E-state index contributed by atoms with van der Waals surface area (Å²) >= 11 is 0. The summed E-state index contributed by atoms with van der Waals surface area (Å²) in [6.45, 7) is 3.05. The Labute approximate surface area is 215 Å². The Kier molecular flexibility index (Phi) is 7.20. The average molecular weight is 507 g/mol. The van der Waals surface area contributed by atoms with Gasteiger partial charge < -0.3 is 30.7 Å². The van der Waals surface area contributed by atoms with E-state index in [2.05, 4.69) is 32.5 Å². The van der Waals surface area contributed by atoms with E-state index in [0.29, 0.717) is 24.7 Å². The number of anilines is 4. The summed E-state index contributed by atoms with van der Waals surface area (Å²) in [5, 5.41) is 6.26. The number of rotatable bonds is 7. The molecule has 3 aromatic rings. The van der Waals surface area contributed by atoms with Gasteiger partial charge in [-0.3, -0.25) is 4.79 Å². The molecule has 2 aliphatic heterocycles. The summed E-state index contributed by atoms with van der Waals surface area (Å²) < 4.78 is 26.2. The lowest BCUT2D eigenvalue weighted by atomic mass is 9.90. The molecule has 1 amide bonds. The predicted octanol–water partition coefficient (Wildman–Crippen LogP) is 4.09. The Morgan fingerprint density at radius 1 is 1.22 bits per heavy atom. The highest BCUT2D eigenvalue weighted by atomic mass is 19.1. The molecule has 37 heavy (non-hydrogen) atoms. The van der Waals surface area contributed by atoms with Crippen LogP contribution in [0.2, 0.25) is 0 Å². The number of hydrogen-bond acceptors (Lipinski definition) is 8. The number of halogens is 1. The van der Waals surface area contributed by atoms with Crippen LogP contribution in [-0.4, -0.2) is 54.7 Å². The van der Waals surface area contributed by atoms with Crippen LogP contribution in [0.25, 0.3) is 0 Å². The number of benzene rings is 2. The number of carbonyl (C=O) groups is 1. The van der Waals surface area contributed by atoms with Gasteiger partial charge in [-0.15, -0.1) is 0 Å². The van der Waals surface area contributed by atoms with Crippen LogP contribution < -0.4 is 21.1 Å². The Hall–Kier alpha value is -3.76. The number of hydrogen-bond donors (Lipinski definition) is 3. The van der Waals surface area contributed by atoms with Gasteiger partial charge in [0.1, 0.15) is 22.9 Å². The maximum absolute atomic E-state index is 15.1. The second-order valence-corrected chi connectivity index (χ2v) is 9.47. The average Bonchev–Trinajstić information content (AvgIpc) is 2.90. The molecule has 194 valence electrons. The number of methoxy groups -OCH3 is 1. The fourth-order valence-electron chi connectivity index (χ4n) is 4.97. The van der Waals surface area contributed by atoms with Crippen molar-refractivity contribution in [2.45, 2.75) is 31.7 Å². The van der Waals surface area contributed by atoms with Crippen molar-refractivity contribution in [3.8, 4) is 5.75 Å². The van der Waals surface area contributed by atoms with E-state index in [0.717, 1.165) is 37.9 Å². The van der Waals surface area contributed by atoms with Crippen molar-refractivity contribution in [2.75, 3.05) is 44.5 Å². The Bertz CT molecular complexity index is 1310. The molecule has 0 aliphatic carbocycles. The minimum absolute atomic E-state index is 0.0609. The van der Waals surface area contributed by atoms with E-state index in [-0.39, 0.29) is 28.9 Å². The van der Waals surface area contributed by atoms with E-state index in [1.165, 1.54) is 23.4 Å². The molecule has 0 saturated carbocycles. The number of carbonyl (C=O) groups excluding carboxylic acids is 1. The first-order chi connectivity index (χ1) is 17.9. The van der Waals surface area contributed by atoms with Crippen LogP contribution in [-0.2, 0) is 17.7 Å². The number of nitrogens with zero attached hydrogens (tertiary/aromatic N) is 3. The number of nitrogens with two attached hydrogens (primary N) is 1. The van der Waals surface area contributed by atoms with E-state index < -0.39 is 11.7 Å². The molecule has 1 aromatic heterocycles. The molecular weight excluding hydrogens is 475 g/mol. The van der Waals surface area contributed by atoms with Gasteiger partial charge in [0.15, 0.2) is 0 Å². The van der Waals surface area contributed by atoms with Crippen molar-refractivity contribution in [1.29, 1.82) is 0 Å². The molecule has 0 unspecified atom stereocenters. The first kappa shape index (κ1) is 24.9. The van der Waals surface area contributed by atoms with Gasteiger partial charge in [-0.1, -0.05) is 12.1 Å². The monoisotopic (exact) mass is 506 g/mol. The molecule has 0 radical (unpaired) electrons. The van der Waals surface area contributed by atoms with Gasteiger partial charge in [0, 0.05) is 32.5 Å². The number of nitrogens with one attached hydrogen (secondary N) is 2. The van der Waals surface area contributed by atoms with E-state index in [4.69, 9.17) is 15.2 Å². The fourth-order valence-corrected chi connectivity index (χ4v) is 4.97. The predicted molar refractivity (Wildman–Crippen MR) is 139 cm³/mol. The quantitative estimate of drug-likeness (QED) is 0.439. The molecule has 5 rings (SSSR count). The minimum Gasteiger partial charge on any atom is -0.495 e. The summed E-state index contributed by atoms with van der Waals surface area (Å²) in [6.07, 6.45) is 3.85. The fraction of sp³-hybridized carbons (Fsp3) is 0.370. The third kappa shape index (κ3) is 5.35. The molecule has 1 fully saturated rings. The minimum atomic E-state index is -0.715. The standard InChI is InChI=1S/C27H31FN6O3/c1-34-9-6-17-13-23(36-2)22(12-18(17)15-34)31-27-30-14-20(25(29)35)26(33-27)32-24-19(4-3-5-21(24)28)16-7-10-37-11-8-16/h3-5,12-14,16H,6-11,15H2,1-2H3,(H2,29,35)(H2,30,31,32,33). The SMILES string of the molecule is COc1cc2c(cc1Nc1ncc(C(N)=O)c(Nc3c(F)cccc3C3CCOCC3)n1)CN(C)CC2. The first-order valence-electron chi connectivity index (χ1n) is 12.4. The van der Waals surface area contributed by atoms with Crippen molar-refractivity contribution in [2.24, 2.45) is 5.73 Å². The van der Waals surface area contributed by atoms with E-state index in [1.807, 2.05) is 18.2 Å². The molecule has 2 aromatic carbocycles. The second-order valence-electron chi connectivity index (χ2n) is 9.47. The number of para-hydroxylation sites is 1. The summed E-state index contributed by atoms with van der Waals surface area (Å²) in [6, 6.07) is 9.02. The maximum atomic E-state index is 15.1. The van der Waals surface area contributed by atoms with Gasteiger partial charge >= 0.3 is 0 Å².